The van der Waals surface area contributed by atoms with Crippen molar-refractivity contribution in [3.05, 3.63) is 76.5 Å². The summed E-state index contributed by atoms with van der Waals surface area (Å²) in [5.74, 6) is -0.469. The Hall–Kier alpha value is -3.83. The number of benzene rings is 2. The molecular weight excluding hydrogens is 456 g/mol. The SMILES string of the molecule is CCN(CC)S(=O)(=O)c1ccc(C)c(C(=O)Nc2ccccc2-n2ncc3c(=O)[nH]cnc32)c1. The number of nitrogens with zero attached hydrogens (tertiary/aromatic N) is 4. The van der Waals surface area contributed by atoms with Crippen molar-refractivity contribution in [3.63, 3.8) is 0 Å². The quantitative estimate of drug-likeness (QED) is 0.418. The van der Waals surface area contributed by atoms with Crippen molar-refractivity contribution < 1.29 is 13.2 Å². The van der Waals surface area contributed by atoms with Crippen LogP contribution in [0, 0.1) is 6.92 Å². The summed E-state index contributed by atoms with van der Waals surface area (Å²) in [5.41, 5.74) is 1.83. The number of aryl methyl sites for hydroxylation is 1. The number of carbonyl (C=O) groups excluding carboxylic acids is 1. The number of hydrogen-bond donors (Lipinski definition) is 2. The van der Waals surface area contributed by atoms with Crippen LogP contribution in [0.1, 0.15) is 29.8 Å². The summed E-state index contributed by atoms with van der Waals surface area (Å²) < 4.78 is 28.7. The lowest BCUT2D eigenvalue weighted by molar-refractivity contribution is 0.102. The number of hydrogen-bond acceptors (Lipinski definition) is 6. The van der Waals surface area contributed by atoms with Crippen molar-refractivity contribution in [1.82, 2.24) is 24.1 Å². The van der Waals surface area contributed by atoms with Gasteiger partial charge in [-0.15, -0.1) is 0 Å². The van der Waals surface area contributed by atoms with Crippen molar-refractivity contribution in [2.24, 2.45) is 0 Å². The highest BCUT2D eigenvalue weighted by molar-refractivity contribution is 7.89. The fourth-order valence-electron chi connectivity index (χ4n) is 3.70. The first-order valence-corrected chi connectivity index (χ1v) is 12.1. The molecule has 0 spiro atoms. The van der Waals surface area contributed by atoms with E-state index in [1.807, 2.05) is 0 Å². The molecule has 176 valence electrons. The van der Waals surface area contributed by atoms with Gasteiger partial charge in [0, 0.05) is 18.7 Å². The average Bonchev–Trinajstić information content (AvgIpc) is 3.25. The number of anilines is 1. The lowest BCUT2D eigenvalue weighted by Crippen LogP contribution is -2.30. The Labute approximate surface area is 196 Å². The zero-order valence-electron chi connectivity index (χ0n) is 18.9. The smallest absolute Gasteiger partial charge is 0.261 e. The van der Waals surface area contributed by atoms with E-state index in [-0.39, 0.29) is 16.0 Å². The van der Waals surface area contributed by atoms with Crippen molar-refractivity contribution in [1.29, 1.82) is 0 Å². The van der Waals surface area contributed by atoms with Crippen LogP contribution in [0.5, 0.6) is 0 Å². The number of aromatic nitrogens is 4. The molecule has 0 unspecified atom stereocenters. The first-order chi connectivity index (χ1) is 16.3. The molecule has 2 aromatic carbocycles. The Morgan fingerprint density at radius 2 is 1.88 bits per heavy atom. The third-order valence-electron chi connectivity index (χ3n) is 5.55. The average molecular weight is 481 g/mol. The normalized spacial score (nSPS) is 11.8. The van der Waals surface area contributed by atoms with Gasteiger partial charge in [0.25, 0.3) is 11.5 Å². The summed E-state index contributed by atoms with van der Waals surface area (Å²) in [7, 11) is -3.72. The van der Waals surface area contributed by atoms with Crippen LogP contribution in [0.4, 0.5) is 5.69 Å². The van der Waals surface area contributed by atoms with Gasteiger partial charge in [-0.2, -0.15) is 9.40 Å². The number of nitrogens with one attached hydrogen (secondary N) is 2. The second kappa shape index (κ2) is 9.20. The van der Waals surface area contributed by atoms with E-state index in [2.05, 4.69) is 20.4 Å². The number of rotatable bonds is 7. The van der Waals surface area contributed by atoms with Gasteiger partial charge in [-0.1, -0.05) is 32.0 Å². The van der Waals surface area contributed by atoms with Crippen LogP contribution in [0.2, 0.25) is 0 Å². The highest BCUT2D eigenvalue weighted by atomic mass is 32.2. The molecule has 10 nitrogen and oxygen atoms in total. The third kappa shape index (κ3) is 4.11. The molecule has 34 heavy (non-hydrogen) atoms. The number of carbonyl (C=O) groups is 1. The fraction of sp³-hybridized carbons (Fsp3) is 0.217. The molecule has 0 atom stereocenters. The number of H-pyrrole nitrogens is 1. The van der Waals surface area contributed by atoms with E-state index in [9.17, 15) is 18.0 Å². The van der Waals surface area contributed by atoms with Crippen LogP contribution in [0.3, 0.4) is 0 Å². The Bertz CT molecular complexity index is 1540. The Kier molecular flexibility index (Phi) is 6.31. The minimum atomic E-state index is -3.72. The minimum Gasteiger partial charge on any atom is -0.320 e. The second-order valence-corrected chi connectivity index (χ2v) is 9.50. The van der Waals surface area contributed by atoms with Crippen LogP contribution in [-0.2, 0) is 10.0 Å². The van der Waals surface area contributed by atoms with Gasteiger partial charge in [-0.25, -0.2) is 18.1 Å². The van der Waals surface area contributed by atoms with Gasteiger partial charge in [-0.3, -0.25) is 9.59 Å². The zero-order valence-corrected chi connectivity index (χ0v) is 19.8. The van der Waals surface area contributed by atoms with Crippen LogP contribution >= 0.6 is 0 Å². The van der Waals surface area contributed by atoms with Crippen molar-refractivity contribution in [2.45, 2.75) is 25.7 Å². The van der Waals surface area contributed by atoms with E-state index >= 15 is 0 Å². The summed E-state index contributed by atoms with van der Waals surface area (Å²) in [4.78, 5) is 32.0. The standard InChI is InChI=1S/C23H24N6O4S/c1-4-28(5-2)34(32,33)16-11-10-15(3)17(12-16)23(31)27-19-8-6-7-9-20(19)29-21-18(13-26-29)22(30)25-14-24-21/h6-14H,4-5H2,1-3H3,(H,27,31)(H,24,25,30). The molecule has 0 radical (unpaired) electrons. The number of sulfonamides is 1. The van der Waals surface area contributed by atoms with E-state index in [0.717, 1.165) is 0 Å². The van der Waals surface area contributed by atoms with Gasteiger partial charge in [0.05, 0.1) is 28.8 Å². The predicted octanol–water partition coefficient (Wildman–Crippen LogP) is 2.70. The maximum atomic E-state index is 13.2. The number of para-hydroxylation sites is 2. The molecule has 2 heterocycles. The van der Waals surface area contributed by atoms with Crippen molar-refractivity contribution in [3.8, 4) is 5.69 Å². The van der Waals surface area contributed by atoms with Crippen LogP contribution in [0.15, 0.2) is 64.7 Å². The Balaban J connectivity index is 1.73. The number of fused-ring (bicyclic) bond motifs is 1. The van der Waals surface area contributed by atoms with E-state index in [4.69, 9.17) is 0 Å². The first kappa shape index (κ1) is 23.3. The van der Waals surface area contributed by atoms with E-state index in [0.29, 0.717) is 41.1 Å². The lowest BCUT2D eigenvalue weighted by Gasteiger charge is -2.19. The van der Waals surface area contributed by atoms with E-state index in [1.54, 1.807) is 51.1 Å². The maximum Gasteiger partial charge on any atom is 0.261 e. The molecule has 0 aliphatic heterocycles. The topological polar surface area (TPSA) is 130 Å². The molecule has 0 bridgehead atoms. The Morgan fingerprint density at radius 1 is 1.15 bits per heavy atom. The summed E-state index contributed by atoms with van der Waals surface area (Å²) in [5, 5.41) is 7.43. The first-order valence-electron chi connectivity index (χ1n) is 10.7. The molecule has 4 rings (SSSR count). The second-order valence-electron chi connectivity index (χ2n) is 7.56. The summed E-state index contributed by atoms with van der Waals surface area (Å²) in [6.07, 6.45) is 2.70. The molecule has 2 N–H and O–H groups in total. The molecule has 11 heteroatoms. The zero-order chi connectivity index (χ0) is 24.5. The van der Waals surface area contributed by atoms with E-state index < -0.39 is 15.9 Å². The van der Waals surface area contributed by atoms with Gasteiger partial charge in [-0.05, 0) is 36.8 Å². The third-order valence-corrected chi connectivity index (χ3v) is 7.59. The monoisotopic (exact) mass is 480 g/mol. The van der Waals surface area contributed by atoms with Crippen LogP contribution in [-0.4, -0.2) is 51.5 Å². The molecule has 0 saturated heterocycles. The largest absolute Gasteiger partial charge is 0.320 e. The summed E-state index contributed by atoms with van der Waals surface area (Å²) in [6.45, 7) is 5.93. The molecule has 0 fully saturated rings. The maximum absolute atomic E-state index is 13.2. The van der Waals surface area contributed by atoms with E-state index in [1.165, 1.54) is 33.6 Å². The highest BCUT2D eigenvalue weighted by Gasteiger charge is 2.24. The van der Waals surface area contributed by atoms with Crippen LogP contribution in [0.25, 0.3) is 16.7 Å². The lowest BCUT2D eigenvalue weighted by atomic mass is 10.1. The van der Waals surface area contributed by atoms with Gasteiger partial charge in [0.15, 0.2) is 5.65 Å². The summed E-state index contributed by atoms with van der Waals surface area (Å²) in [6, 6.07) is 11.5. The minimum absolute atomic E-state index is 0.0572. The van der Waals surface area contributed by atoms with Crippen LogP contribution < -0.4 is 10.9 Å². The molecule has 4 aromatic rings. The van der Waals surface area contributed by atoms with Crippen molar-refractivity contribution in [2.75, 3.05) is 18.4 Å². The molecule has 1 amide bonds. The Morgan fingerprint density at radius 3 is 2.62 bits per heavy atom. The molecule has 0 saturated carbocycles. The predicted molar refractivity (Wildman–Crippen MR) is 129 cm³/mol. The number of aromatic amines is 1. The van der Waals surface area contributed by atoms with Crippen molar-refractivity contribution >= 4 is 32.7 Å². The number of amides is 1. The molecule has 0 aliphatic carbocycles. The molecule has 0 aliphatic rings. The molecule has 2 aromatic heterocycles. The van der Waals surface area contributed by atoms with Gasteiger partial charge < -0.3 is 10.3 Å². The molecular formula is C23H24N6O4S. The van der Waals surface area contributed by atoms with Gasteiger partial charge >= 0.3 is 0 Å². The summed E-state index contributed by atoms with van der Waals surface area (Å²) >= 11 is 0. The van der Waals surface area contributed by atoms with Gasteiger partial charge in [0.1, 0.15) is 5.39 Å². The van der Waals surface area contributed by atoms with Gasteiger partial charge in [0.2, 0.25) is 10.0 Å². The highest BCUT2D eigenvalue weighted by Crippen LogP contribution is 2.25. The fourth-order valence-corrected chi connectivity index (χ4v) is 5.19.